The van der Waals surface area contributed by atoms with Crippen molar-refractivity contribution in [3.05, 3.63) is 33.8 Å². The Hall–Kier alpha value is -1.35. The van der Waals surface area contributed by atoms with E-state index in [-0.39, 0.29) is 30.5 Å². The highest BCUT2D eigenvalue weighted by Crippen LogP contribution is 2.25. The zero-order valence-corrected chi connectivity index (χ0v) is 20.2. The Morgan fingerprint density at radius 2 is 1.80 bits per heavy atom. The van der Waals surface area contributed by atoms with Crippen LogP contribution in [0.1, 0.15) is 50.9 Å². The number of amides is 1. The second-order valence-corrected chi connectivity index (χ2v) is 10.4. The lowest BCUT2D eigenvalue weighted by Crippen LogP contribution is -2.43. The van der Waals surface area contributed by atoms with Crippen LogP contribution in [-0.2, 0) is 19.0 Å². The summed E-state index contributed by atoms with van der Waals surface area (Å²) in [5, 5.41) is 0.608. The molecule has 0 aliphatic heterocycles. The Kier molecular flexibility index (Phi) is 10.1. The molecule has 0 bridgehead atoms. The lowest BCUT2D eigenvalue weighted by Gasteiger charge is -2.30. The molecule has 7 nitrogen and oxygen atoms in total. The van der Waals surface area contributed by atoms with Crippen LogP contribution in [0.5, 0.6) is 0 Å². The molecule has 0 saturated heterocycles. The van der Waals surface area contributed by atoms with Gasteiger partial charge in [0.25, 0.3) is 10.1 Å². The average Bonchev–Trinajstić information content (AvgIpc) is 2.59. The first kappa shape index (κ1) is 26.7. The van der Waals surface area contributed by atoms with Crippen molar-refractivity contribution < 1.29 is 26.9 Å². The highest BCUT2D eigenvalue weighted by Gasteiger charge is 2.28. The molecule has 0 fully saturated rings. The largest absolute Gasteiger partial charge is 0.444 e. The van der Waals surface area contributed by atoms with Crippen LogP contribution in [0.4, 0.5) is 4.79 Å². The maximum absolute atomic E-state index is 13.1. The quantitative estimate of drug-likeness (QED) is 0.351. The molecule has 0 aliphatic carbocycles. The maximum atomic E-state index is 13.1. The number of ketones is 1. The summed E-state index contributed by atoms with van der Waals surface area (Å²) >= 11 is 12.0. The van der Waals surface area contributed by atoms with Crippen molar-refractivity contribution in [1.29, 1.82) is 0 Å². The molecule has 1 rings (SSSR count). The number of Topliss-reactive ketones (excluding diaryl/α,β-unsaturated/α-hetero) is 1. The van der Waals surface area contributed by atoms with E-state index in [1.54, 1.807) is 32.9 Å². The van der Waals surface area contributed by atoms with E-state index in [4.69, 9.17) is 32.1 Å². The SMILES string of the molecule is CCCC(CN(CCOS(C)(=O)=O)C(=O)OC(C)(C)C)C(=O)c1ccc(Cl)c(Cl)c1. The van der Waals surface area contributed by atoms with E-state index in [2.05, 4.69) is 0 Å². The summed E-state index contributed by atoms with van der Waals surface area (Å²) in [6, 6.07) is 4.63. The van der Waals surface area contributed by atoms with Gasteiger partial charge in [-0.3, -0.25) is 8.98 Å². The van der Waals surface area contributed by atoms with Crippen molar-refractivity contribution in [1.82, 2.24) is 4.90 Å². The van der Waals surface area contributed by atoms with Crippen LogP contribution in [-0.4, -0.2) is 56.7 Å². The minimum absolute atomic E-state index is 0.0448. The smallest absolute Gasteiger partial charge is 0.410 e. The van der Waals surface area contributed by atoms with Gasteiger partial charge in [-0.2, -0.15) is 8.42 Å². The van der Waals surface area contributed by atoms with Crippen LogP contribution in [0.3, 0.4) is 0 Å². The van der Waals surface area contributed by atoms with E-state index in [1.807, 2.05) is 6.92 Å². The summed E-state index contributed by atoms with van der Waals surface area (Å²) in [4.78, 5) is 27.0. The molecule has 1 unspecified atom stereocenters. The van der Waals surface area contributed by atoms with Crippen LogP contribution in [0.15, 0.2) is 18.2 Å². The molecule has 0 N–H and O–H groups in total. The van der Waals surface area contributed by atoms with Crippen molar-refractivity contribution in [3.8, 4) is 0 Å². The number of hydrogen-bond acceptors (Lipinski definition) is 6. The molecule has 30 heavy (non-hydrogen) atoms. The summed E-state index contributed by atoms with van der Waals surface area (Å²) in [5.74, 6) is -0.717. The molecule has 0 spiro atoms. The average molecular weight is 482 g/mol. The van der Waals surface area contributed by atoms with Crippen LogP contribution in [0.2, 0.25) is 10.0 Å². The predicted molar refractivity (Wildman–Crippen MR) is 118 cm³/mol. The van der Waals surface area contributed by atoms with Gasteiger partial charge < -0.3 is 9.64 Å². The summed E-state index contributed by atoms with van der Waals surface area (Å²) in [6.45, 7) is 6.87. The van der Waals surface area contributed by atoms with Gasteiger partial charge in [0, 0.05) is 24.6 Å². The third-order valence-electron chi connectivity index (χ3n) is 3.96. The van der Waals surface area contributed by atoms with E-state index >= 15 is 0 Å². The molecular weight excluding hydrogens is 453 g/mol. The molecule has 1 aromatic rings. The Balaban J connectivity index is 3.07. The number of halogens is 2. The fourth-order valence-electron chi connectivity index (χ4n) is 2.69. The molecular formula is C20H29Cl2NO6S. The number of carbonyl (C=O) groups excluding carboxylic acids is 2. The number of nitrogens with zero attached hydrogens (tertiary/aromatic N) is 1. The first-order chi connectivity index (χ1) is 13.7. The van der Waals surface area contributed by atoms with E-state index in [9.17, 15) is 18.0 Å². The van der Waals surface area contributed by atoms with Crippen LogP contribution < -0.4 is 0 Å². The molecule has 10 heteroatoms. The zero-order valence-electron chi connectivity index (χ0n) is 17.9. The van der Waals surface area contributed by atoms with Gasteiger partial charge in [0.1, 0.15) is 5.60 Å². The first-order valence-corrected chi connectivity index (χ1v) is 12.1. The number of ether oxygens (including phenoxy) is 1. The predicted octanol–water partition coefficient (Wildman–Crippen LogP) is 4.81. The molecule has 1 amide bonds. The van der Waals surface area contributed by atoms with Gasteiger partial charge in [0.15, 0.2) is 5.78 Å². The van der Waals surface area contributed by atoms with Crippen LogP contribution >= 0.6 is 23.2 Å². The molecule has 0 aliphatic rings. The monoisotopic (exact) mass is 481 g/mol. The second kappa shape index (κ2) is 11.3. The van der Waals surface area contributed by atoms with Gasteiger partial charge in [-0.05, 0) is 45.4 Å². The molecule has 170 valence electrons. The van der Waals surface area contributed by atoms with Gasteiger partial charge in [-0.1, -0.05) is 36.5 Å². The van der Waals surface area contributed by atoms with Crippen molar-refractivity contribution in [2.24, 2.45) is 5.92 Å². The second-order valence-electron chi connectivity index (χ2n) is 7.93. The number of carbonyl (C=O) groups is 2. The maximum Gasteiger partial charge on any atom is 0.410 e. The number of rotatable bonds is 10. The Morgan fingerprint density at radius 3 is 2.30 bits per heavy atom. The Morgan fingerprint density at radius 1 is 1.17 bits per heavy atom. The molecule has 0 radical (unpaired) electrons. The Bertz CT molecular complexity index is 851. The van der Waals surface area contributed by atoms with E-state index < -0.39 is 27.7 Å². The summed E-state index contributed by atoms with van der Waals surface area (Å²) in [5.41, 5.74) is -0.361. The van der Waals surface area contributed by atoms with Crippen molar-refractivity contribution in [2.75, 3.05) is 26.0 Å². The molecule has 0 saturated carbocycles. The van der Waals surface area contributed by atoms with E-state index in [1.165, 1.54) is 11.0 Å². The summed E-state index contributed by atoms with van der Waals surface area (Å²) in [6.07, 6.45) is 1.51. The van der Waals surface area contributed by atoms with E-state index in [0.717, 1.165) is 6.26 Å². The highest BCUT2D eigenvalue weighted by molar-refractivity contribution is 7.85. The minimum Gasteiger partial charge on any atom is -0.444 e. The fourth-order valence-corrected chi connectivity index (χ4v) is 3.36. The minimum atomic E-state index is -3.66. The van der Waals surface area contributed by atoms with Crippen molar-refractivity contribution in [3.63, 3.8) is 0 Å². The van der Waals surface area contributed by atoms with Gasteiger partial charge in [0.2, 0.25) is 0 Å². The first-order valence-electron chi connectivity index (χ1n) is 9.55. The normalized spacial score (nSPS) is 13.0. The van der Waals surface area contributed by atoms with Crippen LogP contribution in [0, 0.1) is 5.92 Å². The van der Waals surface area contributed by atoms with E-state index in [0.29, 0.717) is 23.4 Å². The van der Waals surface area contributed by atoms with Crippen molar-refractivity contribution in [2.45, 2.75) is 46.1 Å². The third kappa shape index (κ3) is 9.64. The zero-order chi connectivity index (χ0) is 23.1. The van der Waals surface area contributed by atoms with Gasteiger partial charge >= 0.3 is 6.09 Å². The number of hydrogen-bond donors (Lipinski definition) is 0. The summed E-state index contributed by atoms with van der Waals surface area (Å²) < 4.78 is 32.7. The van der Waals surface area contributed by atoms with Crippen molar-refractivity contribution >= 4 is 45.2 Å². The molecule has 0 heterocycles. The summed E-state index contributed by atoms with van der Waals surface area (Å²) in [7, 11) is -3.66. The molecule has 1 atom stereocenters. The van der Waals surface area contributed by atoms with Gasteiger partial charge in [-0.25, -0.2) is 4.79 Å². The molecule has 1 aromatic carbocycles. The fraction of sp³-hybridized carbons (Fsp3) is 0.600. The third-order valence-corrected chi connectivity index (χ3v) is 5.30. The van der Waals surface area contributed by atoms with Gasteiger partial charge in [0.05, 0.1) is 22.9 Å². The van der Waals surface area contributed by atoms with Crippen LogP contribution in [0.25, 0.3) is 0 Å². The standard InChI is InChI=1S/C20H29Cl2NO6S/c1-6-7-15(18(24)14-8-9-16(21)17(22)12-14)13-23(10-11-28-30(5,26)27)19(25)29-20(2,3)4/h8-9,12,15H,6-7,10-11,13H2,1-5H3. The molecule has 0 aromatic heterocycles. The van der Waals surface area contributed by atoms with Gasteiger partial charge in [-0.15, -0.1) is 0 Å². The highest BCUT2D eigenvalue weighted by atomic mass is 35.5. The Labute approximate surface area is 188 Å². The topological polar surface area (TPSA) is 90.0 Å². The lowest BCUT2D eigenvalue weighted by atomic mass is 9.93. The number of benzene rings is 1. The lowest BCUT2D eigenvalue weighted by molar-refractivity contribution is 0.0196.